The number of aromatic nitrogens is 1. The summed E-state index contributed by atoms with van der Waals surface area (Å²) in [7, 11) is 0. The zero-order valence-electron chi connectivity index (χ0n) is 11.2. The third kappa shape index (κ3) is 1.95. The van der Waals surface area contributed by atoms with Crippen LogP contribution < -0.4 is 0 Å². The van der Waals surface area contributed by atoms with Crippen LogP contribution in [0.5, 0.6) is 5.75 Å². The lowest BCUT2D eigenvalue weighted by atomic mass is 9.99. The summed E-state index contributed by atoms with van der Waals surface area (Å²) in [5.74, 6) is -0.226. The van der Waals surface area contributed by atoms with Crippen molar-refractivity contribution in [3.8, 4) is 5.75 Å². The average Bonchev–Trinajstić information content (AvgIpc) is 2.82. The predicted molar refractivity (Wildman–Crippen MR) is 75.0 cm³/mol. The minimum absolute atomic E-state index is 0.0114. The van der Waals surface area contributed by atoms with Gasteiger partial charge in [-0.25, -0.2) is 0 Å². The molecule has 4 nitrogen and oxygen atoms in total. The van der Waals surface area contributed by atoms with Gasteiger partial charge in [-0.15, -0.1) is 0 Å². The van der Waals surface area contributed by atoms with Gasteiger partial charge < -0.3 is 9.63 Å². The van der Waals surface area contributed by atoms with Gasteiger partial charge in [-0.3, -0.25) is 4.79 Å². The third-order valence-electron chi connectivity index (χ3n) is 3.31. The first-order valence-corrected chi connectivity index (χ1v) is 6.26. The standard InChI is InChI=1S/C16H13NO3/c1-9-3-5-14(18)13(7-9)16(19)11-4-6-15-12(8-11)10(2)17-20-15/h3-8,18H,1-2H3. The Hall–Kier alpha value is -2.62. The molecule has 4 heteroatoms. The van der Waals surface area contributed by atoms with Crippen molar-refractivity contribution in [3.05, 3.63) is 58.8 Å². The molecule has 1 aromatic heterocycles. The summed E-state index contributed by atoms with van der Waals surface area (Å²) >= 11 is 0. The van der Waals surface area contributed by atoms with Crippen molar-refractivity contribution in [2.75, 3.05) is 0 Å². The van der Waals surface area contributed by atoms with Gasteiger partial charge >= 0.3 is 0 Å². The molecule has 0 radical (unpaired) electrons. The van der Waals surface area contributed by atoms with E-state index >= 15 is 0 Å². The molecule has 0 atom stereocenters. The SMILES string of the molecule is Cc1ccc(O)c(C(=O)c2ccc3onc(C)c3c2)c1. The summed E-state index contributed by atoms with van der Waals surface area (Å²) < 4.78 is 5.12. The number of phenolic OH excluding ortho intramolecular Hbond substituents is 1. The molecule has 0 saturated carbocycles. The Kier molecular flexibility index (Phi) is 2.79. The van der Waals surface area contributed by atoms with Crippen LogP contribution in [0.25, 0.3) is 11.0 Å². The molecule has 0 spiro atoms. The monoisotopic (exact) mass is 267 g/mol. The van der Waals surface area contributed by atoms with Gasteiger partial charge in [-0.2, -0.15) is 0 Å². The first kappa shape index (κ1) is 12.4. The van der Waals surface area contributed by atoms with Gasteiger partial charge in [-0.1, -0.05) is 16.8 Å². The van der Waals surface area contributed by atoms with Crippen LogP contribution in [-0.2, 0) is 0 Å². The second-order valence-corrected chi connectivity index (χ2v) is 4.83. The van der Waals surface area contributed by atoms with E-state index in [2.05, 4.69) is 5.16 Å². The van der Waals surface area contributed by atoms with E-state index in [0.29, 0.717) is 16.7 Å². The van der Waals surface area contributed by atoms with Crippen molar-refractivity contribution in [3.63, 3.8) is 0 Å². The van der Waals surface area contributed by atoms with Crippen LogP contribution in [0.2, 0.25) is 0 Å². The Morgan fingerprint density at radius 2 is 1.95 bits per heavy atom. The van der Waals surface area contributed by atoms with Gasteiger partial charge in [0.25, 0.3) is 0 Å². The number of aromatic hydroxyl groups is 1. The minimum Gasteiger partial charge on any atom is -0.507 e. The van der Waals surface area contributed by atoms with Crippen LogP contribution in [0.1, 0.15) is 27.2 Å². The molecule has 0 aliphatic heterocycles. The van der Waals surface area contributed by atoms with Crippen molar-refractivity contribution < 1.29 is 14.4 Å². The van der Waals surface area contributed by atoms with Crippen LogP contribution in [0.15, 0.2) is 40.9 Å². The van der Waals surface area contributed by atoms with Gasteiger partial charge in [0.1, 0.15) is 5.75 Å². The molecule has 0 bridgehead atoms. The molecule has 20 heavy (non-hydrogen) atoms. The highest BCUT2D eigenvalue weighted by Gasteiger charge is 2.15. The summed E-state index contributed by atoms with van der Waals surface area (Å²) in [6, 6.07) is 10.1. The van der Waals surface area contributed by atoms with E-state index in [1.165, 1.54) is 6.07 Å². The first-order valence-electron chi connectivity index (χ1n) is 6.26. The number of phenols is 1. The van der Waals surface area contributed by atoms with E-state index < -0.39 is 0 Å². The molecular formula is C16H13NO3. The van der Waals surface area contributed by atoms with Crippen LogP contribution in [0, 0.1) is 13.8 Å². The normalized spacial score (nSPS) is 10.9. The van der Waals surface area contributed by atoms with Crippen molar-refractivity contribution in [2.24, 2.45) is 0 Å². The van der Waals surface area contributed by atoms with Gasteiger partial charge in [0.05, 0.1) is 11.3 Å². The van der Waals surface area contributed by atoms with E-state index in [4.69, 9.17) is 4.52 Å². The molecule has 0 unspecified atom stereocenters. The summed E-state index contributed by atoms with van der Waals surface area (Å²) in [5.41, 5.74) is 3.12. The topological polar surface area (TPSA) is 63.3 Å². The van der Waals surface area contributed by atoms with Crippen LogP contribution >= 0.6 is 0 Å². The van der Waals surface area contributed by atoms with Gasteiger partial charge in [0.2, 0.25) is 0 Å². The lowest BCUT2D eigenvalue weighted by molar-refractivity contribution is 0.103. The van der Waals surface area contributed by atoms with E-state index in [1.807, 2.05) is 13.8 Å². The second kappa shape index (κ2) is 4.49. The number of ketones is 1. The molecule has 100 valence electrons. The van der Waals surface area contributed by atoms with Crippen LogP contribution in [0.4, 0.5) is 0 Å². The zero-order chi connectivity index (χ0) is 14.3. The number of rotatable bonds is 2. The smallest absolute Gasteiger partial charge is 0.196 e. The summed E-state index contributed by atoms with van der Waals surface area (Å²) in [6.45, 7) is 3.70. The number of carbonyl (C=O) groups is 1. The Balaban J connectivity index is 2.12. The number of carbonyl (C=O) groups excluding carboxylic acids is 1. The minimum atomic E-state index is -0.214. The molecule has 0 aliphatic carbocycles. The maximum Gasteiger partial charge on any atom is 0.196 e. The van der Waals surface area contributed by atoms with E-state index in [9.17, 15) is 9.90 Å². The Morgan fingerprint density at radius 1 is 1.15 bits per heavy atom. The Labute approximate surface area is 115 Å². The quantitative estimate of drug-likeness (QED) is 0.723. The van der Waals surface area contributed by atoms with Crippen molar-refractivity contribution in [1.29, 1.82) is 0 Å². The van der Waals surface area contributed by atoms with Crippen LogP contribution in [0.3, 0.4) is 0 Å². The molecular weight excluding hydrogens is 254 g/mol. The maximum atomic E-state index is 12.5. The molecule has 3 rings (SSSR count). The lowest BCUT2D eigenvalue weighted by Crippen LogP contribution is -2.02. The molecule has 1 heterocycles. The van der Waals surface area contributed by atoms with E-state index in [-0.39, 0.29) is 11.5 Å². The Morgan fingerprint density at radius 3 is 2.75 bits per heavy atom. The van der Waals surface area contributed by atoms with Crippen LogP contribution in [-0.4, -0.2) is 16.0 Å². The molecule has 0 aliphatic rings. The number of hydrogen-bond acceptors (Lipinski definition) is 4. The number of benzene rings is 2. The van der Waals surface area contributed by atoms with Gasteiger partial charge in [0.15, 0.2) is 11.4 Å². The highest BCUT2D eigenvalue weighted by atomic mass is 16.5. The van der Waals surface area contributed by atoms with Crippen molar-refractivity contribution in [1.82, 2.24) is 5.16 Å². The number of hydrogen-bond donors (Lipinski definition) is 1. The number of fused-ring (bicyclic) bond motifs is 1. The summed E-state index contributed by atoms with van der Waals surface area (Å²) in [5, 5.41) is 14.5. The molecule has 1 N–H and O–H groups in total. The maximum absolute atomic E-state index is 12.5. The fourth-order valence-electron chi connectivity index (χ4n) is 2.19. The fraction of sp³-hybridized carbons (Fsp3) is 0.125. The highest BCUT2D eigenvalue weighted by Crippen LogP contribution is 2.25. The zero-order valence-corrected chi connectivity index (χ0v) is 11.2. The van der Waals surface area contributed by atoms with E-state index in [0.717, 1.165) is 16.6 Å². The van der Waals surface area contributed by atoms with E-state index in [1.54, 1.807) is 30.3 Å². The summed E-state index contributed by atoms with van der Waals surface area (Å²) in [6.07, 6.45) is 0. The number of nitrogens with zero attached hydrogens (tertiary/aromatic N) is 1. The molecule has 3 aromatic rings. The summed E-state index contributed by atoms with van der Waals surface area (Å²) in [4.78, 5) is 12.5. The molecule has 0 amide bonds. The lowest BCUT2D eigenvalue weighted by Gasteiger charge is -2.05. The number of aryl methyl sites for hydroxylation is 2. The van der Waals surface area contributed by atoms with Crippen molar-refractivity contribution in [2.45, 2.75) is 13.8 Å². The average molecular weight is 267 g/mol. The molecule has 0 saturated heterocycles. The third-order valence-corrected chi connectivity index (χ3v) is 3.31. The van der Waals surface area contributed by atoms with Crippen molar-refractivity contribution >= 4 is 16.8 Å². The molecule has 2 aromatic carbocycles. The van der Waals surface area contributed by atoms with Gasteiger partial charge in [0, 0.05) is 10.9 Å². The molecule has 0 fully saturated rings. The van der Waals surface area contributed by atoms with Gasteiger partial charge in [-0.05, 0) is 44.2 Å². The second-order valence-electron chi connectivity index (χ2n) is 4.83. The highest BCUT2D eigenvalue weighted by molar-refractivity contribution is 6.12. The first-order chi connectivity index (χ1) is 9.56. The largest absolute Gasteiger partial charge is 0.507 e. The Bertz CT molecular complexity index is 818. The fourth-order valence-corrected chi connectivity index (χ4v) is 2.19. The predicted octanol–water partition coefficient (Wildman–Crippen LogP) is 3.38.